The quantitative estimate of drug-likeness (QED) is 0.0763. The molecule has 0 fully saturated rings. The number of rotatable bonds is 11. The fraction of sp³-hybridized carbons (Fsp3) is 0.240. The Morgan fingerprint density at radius 1 is 0.806 bits per heavy atom. The van der Waals surface area contributed by atoms with Crippen LogP contribution in [-0.4, -0.2) is 36.5 Å². The van der Waals surface area contributed by atoms with Crippen molar-refractivity contribution in [2.75, 3.05) is 26.6 Å². The number of halogens is 1. The number of carbonyl (C=O) groups excluding carboxylic acids is 1. The normalized spacial score (nSPS) is 12.0. The fourth-order valence-electron chi connectivity index (χ4n) is 2.85. The van der Waals surface area contributed by atoms with Crippen molar-refractivity contribution in [3.63, 3.8) is 0 Å². The summed E-state index contributed by atoms with van der Waals surface area (Å²) in [7, 11) is -0.236. The molecular formula is C25H26IO4S+. The molecule has 31 heavy (non-hydrogen) atoms. The molecule has 0 saturated heterocycles. The zero-order valence-corrected chi connectivity index (χ0v) is 20.4. The average Bonchev–Trinajstić information content (AvgIpc) is 2.80. The molecule has 0 spiro atoms. The van der Waals surface area contributed by atoms with Crippen LogP contribution in [-0.2, 0) is 25.1 Å². The number of hydrogen-bond acceptors (Lipinski definition) is 4. The van der Waals surface area contributed by atoms with Gasteiger partial charge in [-0.05, 0) is 48.5 Å². The van der Waals surface area contributed by atoms with E-state index in [-0.39, 0.29) is 30.3 Å². The van der Waals surface area contributed by atoms with Gasteiger partial charge in [0, 0.05) is 3.92 Å². The first-order valence-corrected chi connectivity index (χ1v) is 12.5. The minimum atomic E-state index is -0.351. The van der Waals surface area contributed by atoms with E-state index in [2.05, 4.69) is 78.0 Å². The molecule has 6 heteroatoms. The number of ether oxygens (including phenoxy) is 3. The lowest BCUT2D eigenvalue weighted by atomic mass is 10.2. The van der Waals surface area contributed by atoms with Gasteiger partial charge in [-0.3, -0.25) is 0 Å². The van der Waals surface area contributed by atoms with Crippen LogP contribution in [0.5, 0.6) is 0 Å². The van der Waals surface area contributed by atoms with Gasteiger partial charge in [0.05, 0.1) is 29.7 Å². The minimum Gasteiger partial charge on any atom is -0.460 e. The lowest BCUT2D eigenvalue weighted by molar-refractivity contribution is -0.0629. The lowest BCUT2D eigenvalue weighted by Gasteiger charge is -2.09. The van der Waals surface area contributed by atoms with Gasteiger partial charge >= 0.3 is 5.97 Å². The second kappa shape index (κ2) is 12.9. The van der Waals surface area contributed by atoms with Gasteiger partial charge in [0.25, 0.3) is 0 Å². The van der Waals surface area contributed by atoms with E-state index in [1.165, 1.54) is 9.79 Å². The van der Waals surface area contributed by atoms with Crippen molar-refractivity contribution in [2.45, 2.75) is 25.5 Å². The molecule has 1 atom stereocenters. The molecule has 0 saturated carbocycles. The molecule has 0 bridgehead atoms. The van der Waals surface area contributed by atoms with Crippen molar-refractivity contribution >= 4 is 39.5 Å². The molecule has 4 nitrogen and oxygen atoms in total. The number of benzene rings is 3. The van der Waals surface area contributed by atoms with Gasteiger partial charge < -0.3 is 14.2 Å². The summed E-state index contributed by atoms with van der Waals surface area (Å²) in [5.74, 6) is -0.351. The van der Waals surface area contributed by atoms with Crippen LogP contribution in [0.1, 0.15) is 17.3 Å². The number of carbonyl (C=O) groups is 1. The van der Waals surface area contributed by atoms with Gasteiger partial charge in [0.15, 0.2) is 14.7 Å². The van der Waals surface area contributed by atoms with Crippen molar-refractivity contribution in [3.8, 4) is 0 Å². The molecule has 0 aliphatic rings. The van der Waals surface area contributed by atoms with Gasteiger partial charge in [-0.1, -0.05) is 65.9 Å². The second-order valence-electron chi connectivity index (χ2n) is 6.77. The molecule has 0 heterocycles. The van der Waals surface area contributed by atoms with Crippen molar-refractivity contribution in [3.05, 3.63) is 90.5 Å². The third-order valence-corrected chi connectivity index (χ3v) is 6.85. The van der Waals surface area contributed by atoms with E-state index < -0.39 is 0 Å². The van der Waals surface area contributed by atoms with E-state index >= 15 is 0 Å². The summed E-state index contributed by atoms with van der Waals surface area (Å²) in [6.07, 6.45) is 0. The summed E-state index contributed by atoms with van der Waals surface area (Å²) in [4.78, 5) is 16.0. The van der Waals surface area contributed by atoms with Crippen molar-refractivity contribution in [1.29, 1.82) is 0 Å². The van der Waals surface area contributed by atoms with Gasteiger partial charge in [0.1, 0.15) is 13.4 Å². The van der Waals surface area contributed by atoms with Crippen LogP contribution in [0.3, 0.4) is 0 Å². The third-order valence-electron chi connectivity index (χ3n) is 4.26. The first-order chi connectivity index (χ1) is 15.1. The van der Waals surface area contributed by atoms with Gasteiger partial charge in [0.2, 0.25) is 0 Å². The SMILES string of the molecule is CC(I)COCOCCOC(=O)c1ccc([S+](c2ccccc2)c2ccccc2)cc1. The van der Waals surface area contributed by atoms with Crippen LogP contribution >= 0.6 is 22.6 Å². The average molecular weight is 549 g/mol. The highest BCUT2D eigenvalue weighted by molar-refractivity contribution is 14.1. The molecule has 0 aromatic heterocycles. The van der Waals surface area contributed by atoms with Gasteiger partial charge in [-0.25, -0.2) is 4.79 Å². The molecule has 0 amide bonds. The molecule has 0 aliphatic heterocycles. The predicted octanol–water partition coefficient (Wildman–Crippen LogP) is 5.75. The fourth-order valence-corrected chi connectivity index (χ4v) is 5.19. The first kappa shape index (κ1) is 23.8. The van der Waals surface area contributed by atoms with Crippen LogP contribution in [0.2, 0.25) is 0 Å². The summed E-state index contributed by atoms with van der Waals surface area (Å²) >= 11 is 2.29. The highest BCUT2D eigenvalue weighted by atomic mass is 127. The van der Waals surface area contributed by atoms with E-state index in [9.17, 15) is 4.79 Å². The topological polar surface area (TPSA) is 44.8 Å². The van der Waals surface area contributed by atoms with Crippen LogP contribution in [0.15, 0.2) is 99.6 Å². The largest absolute Gasteiger partial charge is 0.460 e. The maximum atomic E-state index is 12.3. The Kier molecular flexibility index (Phi) is 9.86. The Bertz CT molecular complexity index is 878. The van der Waals surface area contributed by atoms with Crippen LogP contribution in [0, 0.1) is 0 Å². The van der Waals surface area contributed by atoms with E-state index in [1.54, 1.807) is 0 Å². The Balaban J connectivity index is 1.59. The number of alkyl halides is 1. The Morgan fingerprint density at radius 2 is 1.35 bits per heavy atom. The molecule has 0 N–H and O–H groups in total. The van der Waals surface area contributed by atoms with Gasteiger partial charge in [-0.2, -0.15) is 0 Å². The zero-order chi connectivity index (χ0) is 21.9. The predicted molar refractivity (Wildman–Crippen MR) is 132 cm³/mol. The number of hydrogen-bond donors (Lipinski definition) is 0. The first-order valence-electron chi connectivity index (χ1n) is 10.1. The smallest absolute Gasteiger partial charge is 0.338 e. The zero-order valence-electron chi connectivity index (χ0n) is 17.4. The minimum absolute atomic E-state index is 0.197. The third kappa shape index (κ3) is 7.64. The molecule has 0 aliphatic carbocycles. The summed E-state index contributed by atoms with van der Waals surface area (Å²) in [5, 5.41) is 0. The van der Waals surface area contributed by atoms with E-state index in [0.717, 1.165) is 4.90 Å². The number of esters is 1. The van der Waals surface area contributed by atoms with E-state index in [1.807, 2.05) is 36.4 Å². The molecule has 162 valence electrons. The van der Waals surface area contributed by atoms with Crippen LogP contribution in [0.25, 0.3) is 0 Å². The summed E-state index contributed by atoms with van der Waals surface area (Å²) in [6, 6.07) is 28.5. The van der Waals surface area contributed by atoms with E-state index in [0.29, 0.717) is 22.7 Å². The summed E-state index contributed by atoms with van der Waals surface area (Å²) in [6.45, 7) is 3.42. The molecule has 3 aromatic rings. The molecule has 3 aromatic carbocycles. The van der Waals surface area contributed by atoms with Crippen molar-refractivity contribution in [1.82, 2.24) is 0 Å². The molecule has 1 unspecified atom stereocenters. The maximum Gasteiger partial charge on any atom is 0.338 e. The van der Waals surface area contributed by atoms with Crippen LogP contribution < -0.4 is 0 Å². The Labute approximate surface area is 200 Å². The lowest BCUT2D eigenvalue weighted by Crippen LogP contribution is -2.13. The Morgan fingerprint density at radius 3 is 1.90 bits per heavy atom. The van der Waals surface area contributed by atoms with Crippen molar-refractivity contribution < 1.29 is 19.0 Å². The second-order valence-corrected chi connectivity index (χ2v) is 10.9. The molecule has 3 rings (SSSR count). The monoisotopic (exact) mass is 549 g/mol. The maximum absolute atomic E-state index is 12.3. The van der Waals surface area contributed by atoms with E-state index in [4.69, 9.17) is 14.2 Å². The van der Waals surface area contributed by atoms with Crippen LogP contribution in [0.4, 0.5) is 0 Å². The summed E-state index contributed by atoms with van der Waals surface area (Å²) in [5.41, 5.74) is 0.531. The summed E-state index contributed by atoms with van der Waals surface area (Å²) < 4.78 is 16.4. The Hall–Kier alpha value is -1.87. The van der Waals surface area contributed by atoms with Crippen molar-refractivity contribution in [2.24, 2.45) is 0 Å². The standard InChI is InChI=1S/C25H26IO4S/c1-20(26)18-29-19-28-16-17-30-25(27)21-12-14-24(15-13-21)31(22-8-4-2-5-9-22)23-10-6-3-7-11-23/h2-15,20H,16-19H2,1H3/q+1. The van der Waals surface area contributed by atoms with Gasteiger partial charge in [-0.15, -0.1) is 0 Å². The molecular weight excluding hydrogens is 523 g/mol. The molecule has 0 radical (unpaired) electrons. The highest BCUT2D eigenvalue weighted by Crippen LogP contribution is 2.31. The highest BCUT2D eigenvalue weighted by Gasteiger charge is 2.28.